The van der Waals surface area contributed by atoms with Crippen LogP contribution in [0.2, 0.25) is 0 Å². The number of nitrogens with one attached hydrogen (secondary N) is 1. The highest BCUT2D eigenvalue weighted by Crippen LogP contribution is 2.06. The highest BCUT2D eigenvalue weighted by atomic mass is 16.2. The lowest BCUT2D eigenvalue weighted by atomic mass is 10.1. The Labute approximate surface area is 95.7 Å². The lowest BCUT2D eigenvalue weighted by molar-refractivity contribution is 0.0730. The van der Waals surface area contributed by atoms with E-state index in [1.807, 2.05) is 17.0 Å². The summed E-state index contributed by atoms with van der Waals surface area (Å²) in [5.74, 6) is 0.0526. The normalized spacial score (nSPS) is 16.2. The molecular formula is C12H17N3O. The average molecular weight is 219 g/mol. The fourth-order valence-corrected chi connectivity index (χ4v) is 1.84. The summed E-state index contributed by atoms with van der Waals surface area (Å²) in [5.41, 5.74) is 1.73. The van der Waals surface area contributed by atoms with Crippen molar-refractivity contribution in [3.05, 3.63) is 29.6 Å². The standard InChI is InChI=1S/C12H17N3O/c1-2-10-3-4-14-11(9-10)12(16)15-7-5-13-6-8-15/h3-4,9,13H,2,5-8H2,1H3. The predicted octanol–water partition coefficient (Wildman–Crippen LogP) is 0.689. The maximum atomic E-state index is 12.1. The molecule has 0 atom stereocenters. The quantitative estimate of drug-likeness (QED) is 0.796. The molecule has 1 saturated heterocycles. The molecule has 0 aliphatic carbocycles. The van der Waals surface area contributed by atoms with Gasteiger partial charge in [-0.05, 0) is 24.1 Å². The smallest absolute Gasteiger partial charge is 0.272 e. The Bertz CT molecular complexity index is 372. The maximum Gasteiger partial charge on any atom is 0.272 e. The van der Waals surface area contributed by atoms with Crippen LogP contribution in [0.3, 0.4) is 0 Å². The topological polar surface area (TPSA) is 45.2 Å². The summed E-state index contributed by atoms with van der Waals surface area (Å²) >= 11 is 0. The van der Waals surface area contributed by atoms with E-state index >= 15 is 0 Å². The van der Waals surface area contributed by atoms with E-state index in [4.69, 9.17) is 0 Å². The Hall–Kier alpha value is -1.42. The summed E-state index contributed by atoms with van der Waals surface area (Å²) in [4.78, 5) is 18.1. The van der Waals surface area contributed by atoms with Crippen LogP contribution >= 0.6 is 0 Å². The van der Waals surface area contributed by atoms with Crippen LogP contribution in [0.5, 0.6) is 0 Å². The highest BCUT2D eigenvalue weighted by molar-refractivity contribution is 5.92. The third-order valence-electron chi connectivity index (χ3n) is 2.86. The molecule has 1 aromatic heterocycles. The average Bonchev–Trinajstić information content (AvgIpc) is 2.39. The van der Waals surface area contributed by atoms with Gasteiger partial charge in [0, 0.05) is 32.4 Å². The number of pyridine rings is 1. The molecule has 1 N–H and O–H groups in total. The molecule has 0 aromatic carbocycles. The number of rotatable bonds is 2. The van der Waals surface area contributed by atoms with Crippen molar-refractivity contribution in [1.82, 2.24) is 15.2 Å². The molecule has 4 heteroatoms. The van der Waals surface area contributed by atoms with Crippen molar-refractivity contribution in [2.24, 2.45) is 0 Å². The van der Waals surface area contributed by atoms with E-state index in [-0.39, 0.29) is 5.91 Å². The molecular weight excluding hydrogens is 202 g/mol. The number of carbonyl (C=O) groups is 1. The van der Waals surface area contributed by atoms with Crippen molar-refractivity contribution in [2.75, 3.05) is 26.2 Å². The lowest BCUT2D eigenvalue weighted by Gasteiger charge is -2.27. The van der Waals surface area contributed by atoms with Gasteiger partial charge in [-0.1, -0.05) is 6.92 Å². The molecule has 1 amide bonds. The van der Waals surface area contributed by atoms with Crippen molar-refractivity contribution in [2.45, 2.75) is 13.3 Å². The van der Waals surface area contributed by atoms with Gasteiger partial charge in [0.15, 0.2) is 0 Å². The van der Waals surface area contributed by atoms with Gasteiger partial charge in [-0.3, -0.25) is 9.78 Å². The first-order valence-electron chi connectivity index (χ1n) is 5.76. The molecule has 2 rings (SSSR count). The Morgan fingerprint density at radius 1 is 1.50 bits per heavy atom. The Morgan fingerprint density at radius 2 is 2.25 bits per heavy atom. The van der Waals surface area contributed by atoms with Gasteiger partial charge in [-0.15, -0.1) is 0 Å². The second kappa shape index (κ2) is 5.07. The minimum absolute atomic E-state index is 0.0526. The molecule has 0 bridgehead atoms. The molecule has 0 spiro atoms. The molecule has 16 heavy (non-hydrogen) atoms. The minimum Gasteiger partial charge on any atom is -0.335 e. The molecule has 86 valence electrons. The summed E-state index contributed by atoms with van der Waals surface area (Å²) in [7, 11) is 0. The number of piperazine rings is 1. The fourth-order valence-electron chi connectivity index (χ4n) is 1.84. The van der Waals surface area contributed by atoms with Gasteiger partial charge in [0.25, 0.3) is 5.91 Å². The van der Waals surface area contributed by atoms with E-state index in [2.05, 4.69) is 17.2 Å². The summed E-state index contributed by atoms with van der Waals surface area (Å²) < 4.78 is 0. The number of aryl methyl sites for hydroxylation is 1. The Morgan fingerprint density at radius 3 is 2.94 bits per heavy atom. The molecule has 4 nitrogen and oxygen atoms in total. The third-order valence-corrected chi connectivity index (χ3v) is 2.86. The van der Waals surface area contributed by atoms with Crippen LogP contribution in [0.15, 0.2) is 18.3 Å². The zero-order chi connectivity index (χ0) is 11.4. The van der Waals surface area contributed by atoms with Crippen molar-refractivity contribution >= 4 is 5.91 Å². The van der Waals surface area contributed by atoms with Crippen LogP contribution < -0.4 is 5.32 Å². The summed E-state index contributed by atoms with van der Waals surface area (Å²) in [6, 6.07) is 3.85. The molecule has 0 radical (unpaired) electrons. The molecule has 1 aliphatic heterocycles. The lowest BCUT2D eigenvalue weighted by Crippen LogP contribution is -2.46. The van der Waals surface area contributed by atoms with Crippen LogP contribution in [-0.2, 0) is 6.42 Å². The minimum atomic E-state index is 0.0526. The maximum absolute atomic E-state index is 12.1. The van der Waals surface area contributed by atoms with Crippen molar-refractivity contribution in [1.29, 1.82) is 0 Å². The van der Waals surface area contributed by atoms with E-state index in [1.54, 1.807) is 6.20 Å². The number of aromatic nitrogens is 1. The first kappa shape index (κ1) is 11.1. The molecule has 1 aliphatic rings. The van der Waals surface area contributed by atoms with E-state index in [9.17, 15) is 4.79 Å². The molecule has 0 unspecified atom stereocenters. The second-order valence-corrected chi connectivity index (χ2v) is 3.95. The van der Waals surface area contributed by atoms with E-state index < -0.39 is 0 Å². The summed E-state index contributed by atoms with van der Waals surface area (Å²) in [6.07, 6.45) is 2.65. The van der Waals surface area contributed by atoms with Crippen molar-refractivity contribution in [3.63, 3.8) is 0 Å². The van der Waals surface area contributed by atoms with Gasteiger partial charge < -0.3 is 10.2 Å². The molecule has 1 aromatic rings. The number of amides is 1. The van der Waals surface area contributed by atoms with Gasteiger partial charge in [0.1, 0.15) is 5.69 Å². The van der Waals surface area contributed by atoms with E-state index in [1.165, 1.54) is 0 Å². The Balaban J connectivity index is 2.12. The van der Waals surface area contributed by atoms with Crippen LogP contribution in [-0.4, -0.2) is 42.0 Å². The number of nitrogens with zero attached hydrogens (tertiary/aromatic N) is 2. The molecule has 1 fully saturated rings. The van der Waals surface area contributed by atoms with E-state index in [0.717, 1.165) is 38.2 Å². The van der Waals surface area contributed by atoms with Crippen LogP contribution in [0.25, 0.3) is 0 Å². The number of hydrogen-bond donors (Lipinski definition) is 1. The van der Waals surface area contributed by atoms with Gasteiger partial charge in [-0.2, -0.15) is 0 Å². The highest BCUT2D eigenvalue weighted by Gasteiger charge is 2.18. The summed E-state index contributed by atoms with van der Waals surface area (Å²) in [5, 5.41) is 3.23. The first-order valence-corrected chi connectivity index (χ1v) is 5.76. The summed E-state index contributed by atoms with van der Waals surface area (Å²) in [6.45, 7) is 5.38. The van der Waals surface area contributed by atoms with E-state index in [0.29, 0.717) is 5.69 Å². The SMILES string of the molecule is CCc1ccnc(C(=O)N2CCNCC2)c1. The van der Waals surface area contributed by atoms with Crippen molar-refractivity contribution in [3.8, 4) is 0 Å². The second-order valence-electron chi connectivity index (χ2n) is 3.95. The van der Waals surface area contributed by atoms with Crippen LogP contribution in [0, 0.1) is 0 Å². The van der Waals surface area contributed by atoms with Crippen LogP contribution in [0.4, 0.5) is 0 Å². The molecule has 2 heterocycles. The van der Waals surface area contributed by atoms with Crippen LogP contribution in [0.1, 0.15) is 23.0 Å². The number of carbonyl (C=O) groups excluding carboxylic acids is 1. The fraction of sp³-hybridized carbons (Fsp3) is 0.500. The van der Waals surface area contributed by atoms with Gasteiger partial charge >= 0.3 is 0 Å². The number of hydrogen-bond acceptors (Lipinski definition) is 3. The van der Waals surface area contributed by atoms with Crippen molar-refractivity contribution < 1.29 is 4.79 Å². The van der Waals surface area contributed by atoms with Gasteiger partial charge in [0.05, 0.1) is 0 Å². The van der Waals surface area contributed by atoms with Gasteiger partial charge in [-0.25, -0.2) is 0 Å². The zero-order valence-electron chi connectivity index (χ0n) is 9.57. The monoisotopic (exact) mass is 219 g/mol. The molecule has 0 saturated carbocycles. The predicted molar refractivity (Wildman–Crippen MR) is 62.4 cm³/mol. The largest absolute Gasteiger partial charge is 0.335 e. The Kier molecular flexibility index (Phi) is 3.51. The first-order chi connectivity index (χ1) is 7.81. The van der Waals surface area contributed by atoms with Gasteiger partial charge in [0.2, 0.25) is 0 Å². The zero-order valence-corrected chi connectivity index (χ0v) is 9.57. The third kappa shape index (κ3) is 2.39.